The number of nitrogens with one attached hydrogen (secondary N) is 3. The molecule has 166 valence electrons. The van der Waals surface area contributed by atoms with Crippen molar-refractivity contribution in [3.8, 4) is 0 Å². The van der Waals surface area contributed by atoms with Gasteiger partial charge in [-0.15, -0.1) is 10.2 Å². The molecule has 31 heavy (non-hydrogen) atoms. The lowest BCUT2D eigenvalue weighted by Gasteiger charge is -2.19. The van der Waals surface area contributed by atoms with E-state index in [1.807, 2.05) is 50.3 Å². The predicted molar refractivity (Wildman–Crippen MR) is 119 cm³/mol. The number of hydrogen-bond donors (Lipinski definition) is 3. The van der Waals surface area contributed by atoms with Gasteiger partial charge < -0.3 is 20.7 Å². The van der Waals surface area contributed by atoms with Crippen LogP contribution in [0.5, 0.6) is 0 Å². The highest BCUT2D eigenvalue weighted by molar-refractivity contribution is 5.92. The van der Waals surface area contributed by atoms with Crippen molar-refractivity contribution in [3.05, 3.63) is 24.0 Å². The number of carbonyl (C=O) groups excluding carboxylic acids is 2. The van der Waals surface area contributed by atoms with E-state index < -0.39 is 11.7 Å². The maximum absolute atomic E-state index is 11.7. The second-order valence-electron chi connectivity index (χ2n) is 8.31. The molecule has 0 fully saturated rings. The summed E-state index contributed by atoms with van der Waals surface area (Å²) in [6.45, 7) is 10.0. The average molecular weight is 428 g/mol. The molecule has 0 spiro atoms. The summed E-state index contributed by atoms with van der Waals surface area (Å²) in [5.41, 5.74) is 2.39. The molecule has 1 aromatic carbocycles. The molecule has 2 aromatic heterocycles. The fraction of sp³-hybridized carbons (Fsp3) is 0.476. The van der Waals surface area contributed by atoms with E-state index >= 15 is 0 Å². The Labute approximate surface area is 180 Å². The zero-order valence-corrected chi connectivity index (χ0v) is 18.6. The fourth-order valence-electron chi connectivity index (χ4n) is 3.14. The summed E-state index contributed by atoms with van der Waals surface area (Å²) in [5, 5.41) is 17.3. The lowest BCUT2D eigenvalue weighted by Crippen LogP contribution is -2.33. The molecule has 0 aliphatic heterocycles. The first-order chi connectivity index (χ1) is 14.6. The normalized spacial score (nSPS) is 11.5. The van der Waals surface area contributed by atoms with Crippen LogP contribution in [0, 0.1) is 6.92 Å². The molecule has 10 heteroatoms. The summed E-state index contributed by atoms with van der Waals surface area (Å²) < 4.78 is 7.16. The number of aryl methyl sites for hydroxylation is 1. The minimum absolute atomic E-state index is 0.140. The van der Waals surface area contributed by atoms with Gasteiger partial charge in [0.15, 0.2) is 5.82 Å². The summed E-state index contributed by atoms with van der Waals surface area (Å²) in [7, 11) is 0. The Balaban J connectivity index is 1.65. The Morgan fingerprint density at radius 2 is 1.87 bits per heavy atom. The largest absolute Gasteiger partial charge is 0.444 e. The second kappa shape index (κ2) is 9.15. The van der Waals surface area contributed by atoms with Crippen molar-refractivity contribution >= 4 is 40.2 Å². The van der Waals surface area contributed by atoms with Crippen LogP contribution in [0.15, 0.2) is 18.2 Å². The number of amides is 2. The molecule has 3 N–H and O–H groups in total. The number of nitrogens with zero attached hydrogens (tertiary/aromatic N) is 4. The van der Waals surface area contributed by atoms with Gasteiger partial charge in [-0.3, -0.25) is 9.20 Å². The van der Waals surface area contributed by atoms with Crippen molar-refractivity contribution < 1.29 is 14.3 Å². The molecule has 0 atom stereocenters. The second-order valence-corrected chi connectivity index (χ2v) is 8.31. The number of fused-ring (bicyclic) bond motifs is 3. The van der Waals surface area contributed by atoms with Crippen molar-refractivity contribution in [1.82, 2.24) is 24.9 Å². The maximum Gasteiger partial charge on any atom is 0.407 e. The van der Waals surface area contributed by atoms with Gasteiger partial charge in [0.25, 0.3) is 0 Å². The lowest BCUT2D eigenvalue weighted by atomic mass is 10.2. The maximum atomic E-state index is 11.7. The van der Waals surface area contributed by atoms with Gasteiger partial charge in [0.1, 0.15) is 11.4 Å². The summed E-state index contributed by atoms with van der Waals surface area (Å²) in [6, 6.07) is 5.55. The number of aromatic nitrogens is 4. The molecule has 0 unspecified atom stereocenters. The number of rotatable bonds is 7. The van der Waals surface area contributed by atoms with Crippen molar-refractivity contribution in [2.45, 2.75) is 53.1 Å². The summed E-state index contributed by atoms with van der Waals surface area (Å²) in [4.78, 5) is 27.7. The van der Waals surface area contributed by atoms with Crippen LogP contribution in [0.1, 0.15) is 46.4 Å². The molecule has 2 amide bonds. The molecule has 0 aliphatic carbocycles. The number of anilines is 2. The van der Waals surface area contributed by atoms with Crippen molar-refractivity contribution in [3.63, 3.8) is 0 Å². The van der Waals surface area contributed by atoms with Gasteiger partial charge in [-0.2, -0.15) is 0 Å². The molecule has 3 aromatic rings. The zero-order valence-electron chi connectivity index (χ0n) is 18.6. The van der Waals surface area contributed by atoms with Crippen LogP contribution < -0.4 is 16.0 Å². The molecule has 0 bridgehead atoms. The molecule has 0 aliphatic rings. The first-order valence-corrected chi connectivity index (χ1v) is 10.3. The van der Waals surface area contributed by atoms with Gasteiger partial charge in [-0.05, 0) is 58.7 Å². The van der Waals surface area contributed by atoms with Crippen LogP contribution in [-0.4, -0.2) is 50.3 Å². The number of alkyl carbamates (subject to hydrolysis) is 1. The highest BCUT2D eigenvalue weighted by Crippen LogP contribution is 2.24. The van der Waals surface area contributed by atoms with E-state index in [9.17, 15) is 9.59 Å². The Bertz CT molecular complexity index is 1100. The highest BCUT2D eigenvalue weighted by Gasteiger charge is 2.16. The molecule has 2 heterocycles. The van der Waals surface area contributed by atoms with Crippen LogP contribution in [-0.2, 0) is 9.53 Å². The lowest BCUT2D eigenvalue weighted by molar-refractivity contribution is -0.114. The van der Waals surface area contributed by atoms with E-state index in [2.05, 4.69) is 26.1 Å². The standard InChI is InChI=1S/C21H29N7O3/c1-13-26-27-19-18(22-10-6-7-11-23-20(30)31-21(3,4)5)25-16-12-15(24-14(2)29)8-9-17(16)28(13)19/h8-9,12H,6-7,10-11H2,1-5H3,(H,22,25)(H,23,30)(H,24,29). The van der Waals surface area contributed by atoms with E-state index in [-0.39, 0.29) is 5.91 Å². The number of benzene rings is 1. The van der Waals surface area contributed by atoms with E-state index in [4.69, 9.17) is 9.72 Å². The smallest absolute Gasteiger partial charge is 0.407 e. The molecule has 0 saturated carbocycles. The zero-order chi connectivity index (χ0) is 22.6. The Kier molecular flexibility index (Phi) is 6.57. The number of hydrogen-bond acceptors (Lipinski definition) is 7. The topological polar surface area (TPSA) is 123 Å². The van der Waals surface area contributed by atoms with E-state index in [0.717, 1.165) is 29.7 Å². The third kappa shape index (κ3) is 5.80. The van der Waals surface area contributed by atoms with E-state index in [1.165, 1.54) is 6.92 Å². The SMILES string of the molecule is CC(=O)Nc1ccc2c(c1)nc(NCCCCNC(=O)OC(C)(C)C)c1nnc(C)n12. The Hall–Kier alpha value is -3.43. The van der Waals surface area contributed by atoms with Gasteiger partial charge in [-0.1, -0.05) is 0 Å². The van der Waals surface area contributed by atoms with Crippen molar-refractivity contribution in [2.75, 3.05) is 23.7 Å². The molecular weight excluding hydrogens is 398 g/mol. The number of carbonyl (C=O) groups is 2. The van der Waals surface area contributed by atoms with Crippen molar-refractivity contribution in [2.24, 2.45) is 0 Å². The number of ether oxygens (including phenoxy) is 1. The minimum Gasteiger partial charge on any atom is -0.444 e. The van der Waals surface area contributed by atoms with Gasteiger partial charge in [0.05, 0.1) is 11.0 Å². The summed E-state index contributed by atoms with van der Waals surface area (Å²) in [6.07, 6.45) is 1.20. The minimum atomic E-state index is -0.505. The third-order valence-electron chi connectivity index (χ3n) is 4.37. The van der Waals surface area contributed by atoms with E-state index in [1.54, 1.807) is 0 Å². The van der Waals surface area contributed by atoms with Crippen LogP contribution in [0.2, 0.25) is 0 Å². The first kappa shape index (κ1) is 22.3. The third-order valence-corrected chi connectivity index (χ3v) is 4.37. The summed E-state index contributed by atoms with van der Waals surface area (Å²) in [5.74, 6) is 1.23. The molecule has 0 saturated heterocycles. The van der Waals surface area contributed by atoms with Gasteiger partial charge >= 0.3 is 6.09 Å². The van der Waals surface area contributed by atoms with E-state index in [0.29, 0.717) is 30.2 Å². The average Bonchev–Trinajstić information content (AvgIpc) is 3.04. The molecule has 10 nitrogen and oxygen atoms in total. The fourth-order valence-corrected chi connectivity index (χ4v) is 3.14. The Morgan fingerprint density at radius 3 is 2.58 bits per heavy atom. The van der Waals surface area contributed by atoms with Crippen LogP contribution >= 0.6 is 0 Å². The molecular formula is C21H29N7O3. The van der Waals surface area contributed by atoms with Crippen molar-refractivity contribution in [1.29, 1.82) is 0 Å². The van der Waals surface area contributed by atoms with Gasteiger partial charge in [-0.25, -0.2) is 9.78 Å². The summed E-state index contributed by atoms with van der Waals surface area (Å²) >= 11 is 0. The van der Waals surface area contributed by atoms with Gasteiger partial charge in [0, 0.05) is 25.7 Å². The monoisotopic (exact) mass is 427 g/mol. The van der Waals surface area contributed by atoms with Gasteiger partial charge in [0.2, 0.25) is 11.6 Å². The van der Waals surface area contributed by atoms with Crippen LogP contribution in [0.3, 0.4) is 0 Å². The highest BCUT2D eigenvalue weighted by atomic mass is 16.6. The molecule has 3 rings (SSSR count). The van der Waals surface area contributed by atoms with Crippen LogP contribution in [0.4, 0.5) is 16.3 Å². The Morgan fingerprint density at radius 1 is 1.13 bits per heavy atom. The number of unbranched alkanes of at least 4 members (excludes halogenated alkanes) is 1. The quantitative estimate of drug-likeness (QED) is 0.495. The predicted octanol–water partition coefficient (Wildman–Crippen LogP) is 3.26. The first-order valence-electron chi connectivity index (χ1n) is 10.3. The molecule has 0 radical (unpaired) electrons. The van der Waals surface area contributed by atoms with Crippen LogP contribution in [0.25, 0.3) is 16.7 Å².